The minimum atomic E-state index is -0.256. The topological polar surface area (TPSA) is 66.9 Å². The number of para-hydroxylation sites is 1. The van der Waals surface area contributed by atoms with Gasteiger partial charge in [0.25, 0.3) is 5.91 Å². The third-order valence-electron chi connectivity index (χ3n) is 4.12. The van der Waals surface area contributed by atoms with E-state index >= 15 is 0 Å². The van der Waals surface area contributed by atoms with E-state index in [9.17, 15) is 4.79 Å². The Hall–Kier alpha value is -3.21. The number of carbonyl (C=O) groups is 1. The number of hydrogen-bond acceptors (Lipinski definition) is 4. The number of nitrogens with zero attached hydrogens (tertiary/aromatic N) is 2. The van der Waals surface area contributed by atoms with Crippen LogP contribution in [-0.2, 0) is 0 Å². The first-order chi connectivity index (χ1) is 12.4. The Kier molecular flexibility index (Phi) is 4.98. The summed E-state index contributed by atoms with van der Waals surface area (Å²) < 4.78 is 0. The Bertz CT molecular complexity index is 966. The van der Waals surface area contributed by atoms with Crippen LogP contribution in [-0.4, -0.2) is 15.9 Å². The average Bonchev–Trinajstić information content (AvgIpc) is 2.59. The highest BCUT2D eigenvalue weighted by Gasteiger charge is 2.12. The maximum Gasteiger partial charge on any atom is 0.274 e. The van der Waals surface area contributed by atoms with Crippen LogP contribution in [0.3, 0.4) is 0 Å². The largest absolute Gasteiger partial charge is 0.324 e. The van der Waals surface area contributed by atoms with Crippen LogP contribution < -0.4 is 10.6 Å². The molecule has 0 unspecified atom stereocenters. The number of rotatable bonds is 4. The Morgan fingerprint density at radius 3 is 2.35 bits per heavy atom. The van der Waals surface area contributed by atoms with Gasteiger partial charge in [0, 0.05) is 17.1 Å². The number of benzene rings is 2. The van der Waals surface area contributed by atoms with Gasteiger partial charge in [0.2, 0.25) is 5.95 Å². The summed E-state index contributed by atoms with van der Waals surface area (Å²) in [5, 5.41) is 6.13. The summed E-state index contributed by atoms with van der Waals surface area (Å²) >= 11 is 0. The zero-order chi connectivity index (χ0) is 18.7. The standard InChI is InChI=1S/C21H22N4O/c1-13-9-10-15(3)18(11-13)24-21-22-16(4)12-19(25-21)20(26)23-17-8-6-5-7-14(17)2/h5-12H,1-4H3,(H,23,26)(H,22,24,25). The fraction of sp³-hybridized carbons (Fsp3) is 0.190. The molecule has 2 aromatic carbocycles. The monoisotopic (exact) mass is 346 g/mol. The highest BCUT2D eigenvalue weighted by Crippen LogP contribution is 2.21. The quantitative estimate of drug-likeness (QED) is 0.718. The molecule has 1 aromatic heterocycles. The molecule has 0 saturated carbocycles. The van der Waals surface area contributed by atoms with Crippen LogP contribution in [0.25, 0.3) is 0 Å². The molecule has 3 aromatic rings. The van der Waals surface area contributed by atoms with Crippen molar-refractivity contribution in [1.82, 2.24) is 9.97 Å². The second kappa shape index (κ2) is 7.35. The van der Waals surface area contributed by atoms with Gasteiger partial charge in [0.15, 0.2) is 0 Å². The molecule has 0 aliphatic heterocycles. The minimum absolute atomic E-state index is 0.256. The van der Waals surface area contributed by atoms with Crippen molar-refractivity contribution in [2.24, 2.45) is 0 Å². The molecular weight excluding hydrogens is 324 g/mol. The van der Waals surface area contributed by atoms with E-state index in [0.29, 0.717) is 11.6 Å². The molecule has 5 nitrogen and oxygen atoms in total. The van der Waals surface area contributed by atoms with Gasteiger partial charge in [-0.25, -0.2) is 9.97 Å². The fourth-order valence-electron chi connectivity index (χ4n) is 2.63. The lowest BCUT2D eigenvalue weighted by Gasteiger charge is -2.12. The Labute approximate surface area is 153 Å². The van der Waals surface area contributed by atoms with Gasteiger partial charge in [-0.3, -0.25) is 4.79 Å². The second-order valence-corrected chi connectivity index (χ2v) is 6.43. The van der Waals surface area contributed by atoms with Crippen molar-refractivity contribution in [3.05, 3.63) is 76.6 Å². The zero-order valence-electron chi connectivity index (χ0n) is 15.4. The normalized spacial score (nSPS) is 10.5. The van der Waals surface area contributed by atoms with Crippen molar-refractivity contribution in [3.8, 4) is 0 Å². The molecule has 1 heterocycles. The maximum absolute atomic E-state index is 12.6. The molecule has 0 bridgehead atoms. The summed E-state index contributed by atoms with van der Waals surface area (Å²) in [5.41, 5.74) is 5.99. The molecule has 0 spiro atoms. The molecule has 132 valence electrons. The van der Waals surface area contributed by atoms with Crippen molar-refractivity contribution in [2.75, 3.05) is 10.6 Å². The molecule has 0 aliphatic rings. The van der Waals surface area contributed by atoms with Crippen LogP contribution in [0, 0.1) is 27.7 Å². The summed E-state index contributed by atoms with van der Waals surface area (Å²) in [6.07, 6.45) is 0. The van der Waals surface area contributed by atoms with Gasteiger partial charge in [-0.05, 0) is 62.6 Å². The van der Waals surface area contributed by atoms with Gasteiger partial charge < -0.3 is 10.6 Å². The van der Waals surface area contributed by atoms with Crippen LogP contribution in [0.5, 0.6) is 0 Å². The van der Waals surface area contributed by atoms with E-state index in [2.05, 4.69) is 26.7 Å². The molecule has 1 amide bonds. The molecule has 0 aliphatic carbocycles. The maximum atomic E-state index is 12.6. The molecule has 26 heavy (non-hydrogen) atoms. The van der Waals surface area contributed by atoms with Crippen LogP contribution in [0.2, 0.25) is 0 Å². The van der Waals surface area contributed by atoms with Gasteiger partial charge >= 0.3 is 0 Å². The summed E-state index contributed by atoms with van der Waals surface area (Å²) in [6.45, 7) is 7.85. The first-order valence-electron chi connectivity index (χ1n) is 8.49. The van der Waals surface area contributed by atoms with E-state index in [-0.39, 0.29) is 5.91 Å². The summed E-state index contributed by atoms with van der Waals surface area (Å²) in [4.78, 5) is 21.4. The number of aryl methyl sites for hydroxylation is 4. The Morgan fingerprint density at radius 2 is 1.58 bits per heavy atom. The smallest absolute Gasteiger partial charge is 0.274 e. The predicted octanol–water partition coefficient (Wildman–Crippen LogP) is 4.71. The Balaban J connectivity index is 1.86. The molecule has 3 rings (SSSR count). The molecule has 5 heteroatoms. The molecule has 0 radical (unpaired) electrons. The number of hydrogen-bond donors (Lipinski definition) is 2. The predicted molar refractivity (Wildman–Crippen MR) is 105 cm³/mol. The zero-order valence-corrected chi connectivity index (χ0v) is 15.4. The number of nitrogens with one attached hydrogen (secondary N) is 2. The average molecular weight is 346 g/mol. The third-order valence-corrected chi connectivity index (χ3v) is 4.12. The number of carbonyl (C=O) groups excluding carboxylic acids is 1. The first-order valence-corrected chi connectivity index (χ1v) is 8.49. The van der Waals surface area contributed by atoms with Gasteiger partial charge in [0.1, 0.15) is 5.69 Å². The van der Waals surface area contributed by atoms with Crippen molar-refractivity contribution < 1.29 is 4.79 Å². The van der Waals surface area contributed by atoms with Gasteiger partial charge in [-0.2, -0.15) is 0 Å². The number of amides is 1. The van der Waals surface area contributed by atoms with E-state index in [1.807, 2.05) is 64.1 Å². The van der Waals surface area contributed by atoms with Crippen molar-refractivity contribution >= 4 is 23.2 Å². The first kappa shape index (κ1) is 17.6. The van der Waals surface area contributed by atoms with Crippen LogP contribution in [0.4, 0.5) is 17.3 Å². The van der Waals surface area contributed by atoms with E-state index in [0.717, 1.165) is 33.8 Å². The molecule has 0 saturated heterocycles. The van der Waals surface area contributed by atoms with E-state index < -0.39 is 0 Å². The minimum Gasteiger partial charge on any atom is -0.324 e. The lowest BCUT2D eigenvalue weighted by atomic mass is 10.1. The SMILES string of the molecule is Cc1ccc(C)c(Nc2nc(C)cc(C(=O)Nc3ccccc3C)n2)c1. The van der Waals surface area contributed by atoms with E-state index in [4.69, 9.17) is 0 Å². The van der Waals surface area contributed by atoms with Crippen molar-refractivity contribution in [3.63, 3.8) is 0 Å². The molecule has 2 N–H and O–H groups in total. The molecule has 0 fully saturated rings. The second-order valence-electron chi connectivity index (χ2n) is 6.43. The highest BCUT2D eigenvalue weighted by atomic mass is 16.1. The van der Waals surface area contributed by atoms with Gasteiger partial charge in [0.05, 0.1) is 0 Å². The van der Waals surface area contributed by atoms with E-state index in [1.54, 1.807) is 6.07 Å². The molecular formula is C21H22N4O. The summed E-state index contributed by atoms with van der Waals surface area (Å²) in [6, 6.07) is 15.5. The summed E-state index contributed by atoms with van der Waals surface area (Å²) in [5.74, 6) is 0.155. The lowest BCUT2D eigenvalue weighted by molar-refractivity contribution is 0.102. The van der Waals surface area contributed by atoms with Crippen LogP contribution in [0.1, 0.15) is 32.9 Å². The number of aromatic nitrogens is 2. The molecule has 0 atom stereocenters. The van der Waals surface area contributed by atoms with Crippen LogP contribution >= 0.6 is 0 Å². The number of anilines is 3. The van der Waals surface area contributed by atoms with Gasteiger partial charge in [-0.1, -0.05) is 30.3 Å². The van der Waals surface area contributed by atoms with Crippen LogP contribution in [0.15, 0.2) is 48.5 Å². The Morgan fingerprint density at radius 1 is 0.846 bits per heavy atom. The van der Waals surface area contributed by atoms with Gasteiger partial charge in [-0.15, -0.1) is 0 Å². The van der Waals surface area contributed by atoms with Crippen molar-refractivity contribution in [2.45, 2.75) is 27.7 Å². The van der Waals surface area contributed by atoms with Crippen molar-refractivity contribution in [1.29, 1.82) is 0 Å². The third kappa shape index (κ3) is 4.06. The summed E-state index contributed by atoms with van der Waals surface area (Å²) in [7, 11) is 0. The van der Waals surface area contributed by atoms with E-state index in [1.165, 1.54) is 0 Å². The lowest BCUT2D eigenvalue weighted by Crippen LogP contribution is -2.16. The highest BCUT2D eigenvalue weighted by molar-refractivity contribution is 6.03. The fourth-order valence-corrected chi connectivity index (χ4v) is 2.63.